The smallest absolute Gasteiger partial charge is 0.380 e. The first kappa shape index (κ1) is 24.8. The Kier molecular flexibility index (Phi) is 6.80. The maximum Gasteiger partial charge on any atom is 0.380 e. The van der Waals surface area contributed by atoms with E-state index in [0.29, 0.717) is 40.7 Å². The van der Waals surface area contributed by atoms with Gasteiger partial charge in [0.1, 0.15) is 24.9 Å². The summed E-state index contributed by atoms with van der Waals surface area (Å²) in [6, 6.07) is 9.71. The molecule has 0 saturated carbocycles. The summed E-state index contributed by atoms with van der Waals surface area (Å²) < 4.78 is 46.9. The zero-order valence-corrected chi connectivity index (χ0v) is 20.4. The molecule has 0 radical (unpaired) electrons. The van der Waals surface area contributed by atoms with E-state index >= 15 is 8.78 Å². The Morgan fingerprint density at radius 3 is 2.72 bits per heavy atom. The van der Waals surface area contributed by atoms with Crippen LogP contribution in [-0.2, 0) is 10.7 Å². The molecule has 0 bridgehead atoms. The van der Waals surface area contributed by atoms with Crippen LogP contribution in [0.2, 0.25) is 5.02 Å². The van der Waals surface area contributed by atoms with Gasteiger partial charge in [-0.1, -0.05) is 17.7 Å². The monoisotopic (exact) mass is 520 g/mol. The van der Waals surface area contributed by atoms with E-state index in [0.717, 1.165) is 25.5 Å². The van der Waals surface area contributed by atoms with Crippen molar-refractivity contribution in [3.8, 4) is 11.5 Å². The number of nitrogens with one attached hydrogen (secondary N) is 1. The molecule has 2 unspecified atom stereocenters. The Bertz CT molecular complexity index is 1270. The maximum atomic E-state index is 15.3. The third-order valence-electron chi connectivity index (χ3n) is 6.80. The number of aliphatic hydroxyl groups excluding tert-OH is 1. The van der Waals surface area contributed by atoms with Gasteiger partial charge in [0.15, 0.2) is 17.3 Å². The number of carbonyl (C=O) groups excluding carboxylic acids is 1. The first-order chi connectivity index (χ1) is 17.2. The Hall–Kier alpha value is -2.88. The maximum absolute atomic E-state index is 15.3. The number of amides is 1. The summed E-state index contributed by atoms with van der Waals surface area (Å²) in [4.78, 5) is 15.0. The fraction of sp³-hybridized carbons (Fsp3) is 0.423. The van der Waals surface area contributed by atoms with Crippen molar-refractivity contribution in [3.63, 3.8) is 0 Å². The second-order valence-corrected chi connectivity index (χ2v) is 9.72. The first-order valence-corrected chi connectivity index (χ1v) is 12.3. The van der Waals surface area contributed by atoms with E-state index < -0.39 is 29.7 Å². The number of hydrogen-bond acceptors (Lipinski definition) is 6. The number of alkyl halides is 2. The van der Waals surface area contributed by atoms with Crippen LogP contribution in [-0.4, -0.2) is 54.3 Å². The molecule has 1 amide bonds. The van der Waals surface area contributed by atoms with Crippen molar-refractivity contribution >= 4 is 28.5 Å². The average Bonchev–Trinajstić information content (AvgIpc) is 3.48. The SMILES string of the molecule is C[C@H]1CCCN1CC(NC(=O)C(F)(F)c1cc2cc(Cl)ccc2o1)C(O)c1ccc2c(c1)OCCO2. The van der Waals surface area contributed by atoms with Crippen molar-refractivity contribution in [1.82, 2.24) is 10.2 Å². The summed E-state index contributed by atoms with van der Waals surface area (Å²) in [7, 11) is 0. The summed E-state index contributed by atoms with van der Waals surface area (Å²) in [6.07, 6.45) is 0.654. The van der Waals surface area contributed by atoms with Gasteiger partial charge in [0.2, 0.25) is 0 Å². The van der Waals surface area contributed by atoms with Crippen LogP contribution < -0.4 is 14.8 Å². The van der Waals surface area contributed by atoms with E-state index in [1.165, 1.54) is 18.2 Å². The molecule has 0 spiro atoms. The van der Waals surface area contributed by atoms with E-state index in [9.17, 15) is 9.90 Å². The van der Waals surface area contributed by atoms with Gasteiger partial charge in [0.25, 0.3) is 5.91 Å². The summed E-state index contributed by atoms with van der Waals surface area (Å²) in [6.45, 7) is 3.78. The summed E-state index contributed by atoms with van der Waals surface area (Å²) in [5.74, 6) is -5.31. The number of aliphatic hydroxyl groups is 1. The van der Waals surface area contributed by atoms with Gasteiger partial charge < -0.3 is 24.3 Å². The number of furan rings is 1. The molecule has 2 aliphatic heterocycles. The molecule has 5 rings (SSSR count). The number of rotatable bonds is 7. The van der Waals surface area contributed by atoms with Crippen LogP contribution in [0.5, 0.6) is 11.5 Å². The Balaban J connectivity index is 1.40. The van der Waals surface area contributed by atoms with E-state index in [4.69, 9.17) is 25.5 Å². The van der Waals surface area contributed by atoms with Crippen LogP contribution in [0.1, 0.15) is 37.2 Å². The largest absolute Gasteiger partial charge is 0.486 e. The third kappa shape index (κ3) is 4.87. The topological polar surface area (TPSA) is 84.2 Å². The van der Waals surface area contributed by atoms with Crippen LogP contribution in [0, 0.1) is 0 Å². The quantitative estimate of drug-likeness (QED) is 0.472. The summed E-state index contributed by atoms with van der Waals surface area (Å²) in [5, 5.41) is 14.4. The molecule has 3 heterocycles. The van der Waals surface area contributed by atoms with Gasteiger partial charge in [-0.2, -0.15) is 8.78 Å². The van der Waals surface area contributed by atoms with Crippen molar-refractivity contribution in [2.24, 2.45) is 0 Å². The third-order valence-corrected chi connectivity index (χ3v) is 7.04. The number of ether oxygens (including phenoxy) is 2. The summed E-state index contributed by atoms with van der Waals surface area (Å²) in [5.41, 5.74) is 0.624. The van der Waals surface area contributed by atoms with E-state index in [-0.39, 0.29) is 18.2 Å². The lowest BCUT2D eigenvalue weighted by Gasteiger charge is -2.32. The second kappa shape index (κ2) is 9.88. The lowest BCUT2D eigenvalue weighted by molar-refractivity contribution is -0.151. The second-order valence-electron chi connectivity index (χ2n) is 9.28. The highest BCUT2D eigenvalue weighted by Gasteiger charge is 2.46. The zero-order chi connectivity index (χ0) is 25.4. The minimum absolute atomic E-state index is 0.195. The van der Waals surface area contributed by atoms with Gasteiger partial charge in [-0.3, -0.25) is 9.69 Å². The molecule has 192 valence electrons. The predicted molar refractivity (Wildman–Crippen MR) is 130 cm³/mol. The van der Waals surface area contributed by atoms with Crippen LogP contribution in [0.15, 0.2) is 46.9 Å². The molecule has 0 aliphatic carbocycles. The number of benzene rings is 2. The zero-order valence-electron chi connectivity index (χ0n) is 19.7. The molecule has 2 aliphatic rings. The predicted octanol–water partition coefficient (Wildman–Crippen LogP) is 4.65. The molecule has 2 N–H and O–H groups in total. The average molecular weight is 521 g/mol. The highest BCUT2D eigenvalue weighted by atomic mass is 35.5. The van der Waals surface area contributed by atoms with Gasteiger partial charge in [-0.25, -0.2) is 0 Å². The van der Waals surface area contributed by atoms with Crippen molar-refractivity contribution in [2.45, 2.75) is 43.9 Å². The van der Waals surface area contributed by atoms with Gasteiger partial charge in [-0.15, -0.1) is 0 Å². The van der Waals surface area contributed by atoms with Gasteiger partial charge in [-0.05, 0) is 68.3 Å². The number of halogens is 3. The Morgan fingerprint density at radius 1 is 1.19 bits per heavy atom. The van der Waals surface area contributed by atoms with Gasteiger partial charge in [0.05, 0.1) is 6.04 Å². The fourth-order valence-corrected chi connectivity index (χ4v) is 4.94. The lowest BCUT2D eigenvalue weighted by atomic mass is 10.00. The molecule has 1 saturated heterocycles. The normalized spacial score (nSPS) is 19.9. The van der Waals surface area contributed by atoms with E-state index in [1.54, 1.807) is 18.2 Å². The molecular formula is C26H27ClF2N2O5. The van der Waals surface area contributed by atoms with E-state index in [2.05, 4.69) is 10.2 Å². The van der Waals surface area contributed by atoms with Crippen LogP contribution in [0.3, 0.4) is 0 Å². The highest BCUT2D eigenvalue weighted by molar-refractivity contribution is 6.31. The van der Waals surface area contributed by atoms with Crippen LogP contribution in [0.25, 0.3) is 11.0 Å². The molecule has 10 heteroatoms. The molecule has 36 heavy (non-hydrogen) atoms. The number of fused-ring (bicyclic) bond motifs is 2. The minimum Gasteiger partial charge on any atom is -0.486 e. The molecule has 1 fully saturated rings. The molecular weight excluding hydrogens is 494 g/mol. The number of carbonyl (C=O) groups is 1. The number of hydrogen-bond donors (Lipinski definition) is 2. The number of likely N-dealkylation sites (tertiary alicyclic amines) is 1. The van der Waals surface area contributed by atoms with Crippen molar-refractivity contribution in [1.29, 1.82) is 0 Å². The standard InChI is InChI=1S/C26H27ClF2N2O5/c1-15-3-2-8-31(15)14-19(24(32)16-4-6-21-22(12-16)35-10-9-34-21)30-25(33)26(28,29)23-13-17-11-18(27)5-7-20(17)36-23/h4-7,11-13,15,19,24,32H,2-3,8-10,14H2,1H3,(H,30,33)/t15-,19?,24?/m0/s1. The lowest BCUT2D eigenvalue weighted by Crippen LogP contribution is -2.51. The summed E-state index contributed by atoms with van der Waals surface area (Å²) >= 11 is 5.95. The van der Waals surface area contributed by atoms with Crippen molar-refractivity contribution in [2.75, 3.05) is 26.3 Å². The minimum atomic E-state index is -3.97. The molecule has 3 atom stereocenters. The van der Waals surface area contributed by atoms with E-state index in [1.807, 2.05) is 6.92 Å². The molecule has 3 aromatic rings. The van der Waals surface area contributed by atoms with Crippen molar-refractivity contribution < 1.29 is 32.6 Å². The highest BCUT2D eigenvalue weighted by Crippen LogP contribution is 2.36. The Morgan fingerprint density at radius 2 is 1.97 bits per heavy atom. The van der Waals surface area contributed by atoms with Gasteiger partial charge in [0, 0.05) is 23.0 Å². The van der Waals surface area contributed by atoms with Crippen molar-refractivity contribution in [3.05, 3.63) is 58.8 Å². The number of nitrogens with zero attached hydrogens (tertiary/aromatic N) is 1. The fourth-order valence-electron chi connectivity index (χ4n) is 4.76. The Labute approximate surface area is 211 Å². The molecule has 2 aromatic carbocycles. The molecule has 1 aromatic heterocycles. The first-order valence-electron chi connectivity index (χ1n) is 11.9. The van der Waals surface area contributed by atoms with Gasteiger partial charge >= 0.3 is 5.92 Å². The molecule has 7 nitrogen and oxygen atoms in total. The van der Waals surface area contributed by atoms with Crippen LogP contribution >= 0.6 is 11.6 Å². The van der Waals surface area contributed by atoms with Crippen LogP contribution in [0.4, 0.5) is 8.78 Å².